The summed E-state index contributed by atoms with van der Waals surface area (Å²) in [6.45, 7) is 0.673. The van der Waals surface area contributed by atoms with Gasteiger partial charge < -0.3 is 19.5 Å². The number of hydrogen-bond acceptors (Lipinski definition) is 5. The molecule has 0 aliphatic heterocycles. The fraction of sp³-hybridized carbons (Fsp3) is 0.200. The van der Waals surface area contributed by atoms with E-state index in [2.05, 4.69) is 10.4 Å². The Kier molecular flexibility index (Phi) is 5.94. The van der Waals surface area contributed by atoms with E-state index in [1.807, 2.05) is 54.6 Å². The van der Waals surface area contributed by atoms with Gasteiger partial charge in [-0.25, -0.2) is 4.68 Å². The van der Waals surface area contributed by atoms with Crippen LogP contribution in [0.25, 0.3) is 5.69 Å². The first-order valence-corrected chi connectivity index (χ1v) is 8.45. The van der Waals surface area contributed by atoms with Gasteiger partial charge in [0, 0.05) is 0 Å². The van der Waals surface area contributed by atoms with Crippen LogP contribution in [0.1, 0.15) is 10.5 Å². The van der Waals surface area contributed by atoms with E-state index in [0.29, 0.717) is 24.7 Å². The summed E-state index contributed by atoms with van der Waals surface area (Å²) in [4.78, 5) is 12.4. The van der Waals surface area contributed by atoms with Crippen LogP contribution >= 0.6 is 0 Å². The summed E-state index contributed by atoms with van der Waals surface area (Å²) in [6.07, 6.45) is 1.68. The topological polar surface area (TPSA) is 74.6 Å². The van der Waals surface area contributed by atoms with E-state index in [0.717, 1.165) is 11.4 Å². The summed E-state index contributed by atoms with van der Waals surface area (Å²) in [5.41, 5.74) is 1.07. The molecule has 0 bridgehead atoms. The largest absolute Gasteiger partial charge is 0.497 e. The molecule has 0 aliphatic carbocycles. The van der Waals surface area contributed by atoms with E-state index < -0.39 is 0 Å². The third-order valence-electron chi connectivity index (χ3n) is 3.85. The van der Waals surface area contributed by atoms with Gasteiger partial charge in [-0.05, 0) is 36.4 Å². The molecular formula is C20H21N3O4. The molecule has 0 fully saturated rings. The van der Waals surface area contributed by atoms with Crippen LogP contribution in [0.4, 0.5) is 0 Å². The fourth-order valence-corrected chi connectivity index (χ4v) is 2.47. The van der Waals surface area contributed by atoms with Crippen molar-refractivity contribution in [3.8, 4) is 22.9 Å². The quantitative estimate of drug-likeness (QED) is 0.620. The summed E-state index contributed by atoms with van der Waals surface area (Å²) in [7, 11) is 3.12. The van der Waals surface area contributed by atoms with Crippen LogP contribution in [0, 0.1) is 0 Å². The molecule has 27 heavy (non-hydrogen) atoms. The van der Waals surface area contributed by atoms with Gasteiger partial charge in [0.25, 0.3) is 5.91 Å². The molecule has 3 rings (SSSR count). The van der Waals surface area contributed by atoms with Crippen molar-refractivity contribution in [2.45, 2.75) is 0 Å². The first-order valence-electron chi connectivity index (χ1n) is 8.45. The van der Waals surface area contributed by atoms with Crippen LogP contribution in [-0.4, -0.2) is 43.1 Å². The third-order valence-corrected chi connectivity index (χ3v) is 3.85. The van der Waals surface area contributed by atoms with Crippen LogP contribution in [0.15, 0.2) is 60.8 Å². The minimum absolute atomic E-state index is 0.228. The molecular weight excluding hydrogens is 346 g/mol. The lowest BCUT2D eigenvalue weighted by Crippen LogP contribution is -2.28. The molecule has 1 heterocycles. The third kappa shape index (κ3) is 4.58. The normalized spacial score (nSPS) is 10.3. The number of methoxy groups -OCH3 is 2. The van der Waals surface area contributed by atoms with E-state index in [1.165, 1.54) is 7.11 Å². The molecule has 2 aromatic carbocycles. The average molecular weight is 367 g/mol. The molecule has 0 atom stereocenters. The van der Waals surface area contributed by atoms with Crippen molar-refractivity contribution >= 4 is 5.91 Å². The number of nitrogens with zero attached hydrogens (tertiary/aromatic N) is 2. The molecule has 0 spiro atoms. The van der Waals surface area contributed by atoms with Gasteiger partial charge in [0.05, 0.1) is 32.6 Å². The number of carbonyl (C=O) groups is 1. The highest BCUT2D eigenvalue weighted by Gasteiger charge is 2.18. The molecule has 7 heteroatoms. The summed E-state index contributed by atoms with van der Waals surface area (Å²) in [6, 6.07) is 16.8. The molecule has 140 valence electrons. The van der Waals surface area contributed by atoms with E-state index in [1.54, 1.807) is 18.0 Å². The second kappa shape index (κ2) is 8.75. The van der Waals surface area contributed by atoms with Gasteiger partial charge in [0.2, 0.25) is 0 Å². The van der Waals surface area contributed by atoms with Gasteiger partial charge in [-0.1, -0.05) is 18.2 Å². The molecule has 0 radical (unpaired) electrons. The summed E-state index contributed by atoms with van der Waals surface area (Å²) in [5.74, 6) is 1.56. The van der Waals surface area contributed by atoms with E-state index in [9.17, 15) is 4.79 Å². The molecule has 0 unspecified atom stereocenters. The highest BCUT2D eigenvalue weighted by atomic mass is 16.5. The summed E-state index contributed by atoms with van der Waals surface area (Å²) >= 11 is 0. The van der Waals surface area contributed by atoms with Crippen molar-refractivity contribution in [1.82, 2.24) is 15.1 Å². The van der Waals surface area contributed by atoms with Gasteiger partial charge in [-0.15, -0.1) is 0 Å². The Labute approximate surface area is 157 Å². The summed E-state index contributed by atoms with van der Waals surface area (Å²) < 4.78 is 17.6. The highest BCUT2D eigenvalue weighted by Crippen LogP contribution is 2.19. The lowest BCUT2D eigenvalue weighted by molar-refractivity contribution is 0.0938. The number of amides is 1. The van der Waals surface area contributed by atoms with E-state index in [-0.39, 0.29) is 11.6 Å². The zero-order valence-electron chi connectivity index (χ0n) is 15.2. The number of ether oxygens (including phenoxy) is 3. The Morgan fingerprint density at radius 1 is 1.00 bits per heavy atom. The maximum Gasteiger partial charge on any atom is 0.275 e. The van der Waals surface area contributed by atoms with Crippen LogP contribution in [0.2, 0.25) is 0 Å². The van der Waals surface area contributed by atoms with Crippen molar-refractivity contribution in [3.05, 3.63) is 66.5 Å². The van der Waals surface area contributed by atoms with Crippen LogP contribution in [0.3, 0.4) is 0 Å². The molecule has 0 saturated carbocycles. The second-order valence-electron chi connectivity index (χ2n) is 5.61. The Morgan fingerprint density at radius 3 is 2.37 bits per heavy atom. The predicted molar refractivity (Wildman–Crippen MR) is 101 cm³/mol. The molecule has 0 saturated heterocycles. The molecule has 3 aromatic rings. The number of rotatable bonds is 8. The van der Waals surface area contributed by atoms with Gasteiger partial charge in [0.15, 0.2) is 11.4 Å². The van der Waals surface area contributed by atoms with Gasteiger partial charge in [0.1, 0.15) is 18.1 Å². The first kappa shape index (κ1) is 18.3. The van der Waals surface area contributed by atoms with Crippen molar-refractivity contribution in [2.75, 3.05) is 27.4 Å². The van der Waals surface area contributed by atoms with Gasteiger partial charge in [-0.2, -0.15) is 5.10 Å². The molecule has 7 nitrogen and oxygen atoms in total. The molecule has 1 aromatic heterocycles. The number of aromatic nitrogens is 2. The van der Waals surface area contributed by atoms with E-state index in [4.69, 9.17) is 14.2 Å². The zero-order chi connectivity index (χ0) is 19.1. The monoisotopic (exact) mass is 367 g/mol. The van der Waals surface area contributed by atoms with Crippen molar-refractivity contribution in [1.29, 1.82) is 0 Å². The second-order valence-corrected chi connectivity index (χ2v) is 5.61. The van der Waals surface area contributed by atoms with Crippen molar-refractivity contribution in [2.24, 2.45) is 0 Å². The smallest absolute Gasteiger partial charge is 0.275 e. The van der Waals surface area contributed by atoms with Crippen LogP contribution in [0.5, 0.6) is 17.2 Å². The van der Waals surface area contributed by atoms with Gasteiger partial charge >= 0.3 is 0 Å². The SMILES string of the molecule is COc1ccc(OCCNC(=O)c2nn(-c3ccccc3)cc2OC)cc1. The molecule has 1 amide bonds. The Balaban J connectivity index is 1.56. The van der Waals surface area contributed by atoms with Crippen molar-refractivity contribution < 1.29 is 19.0 Å². The number of nitrogens with one attached hydrogen (secondary N) is 1. The van der Waals surface area contributed by atoms with Crippen LogP contribution < -0.4 is 19.5 Å². The number of carbonyl (C=O) groups excluding carboxylic acids is 1. The number of hydrogen-bond donors (Lipinski definition) is 1. The average Bonchev–Trinajstić information content (AvgIpc) is 3.17. The zero-order valence-corrected chi connectivity index (χ0v) is 15.2. The highest BCUT2D eigenvalue weighted by molar-refractivity contribution is 5.94. The predicted octanol–water partition coefficient (Wildman–Crippen LogP) is 2.70. The van der Waals surface area contributed by atoms with Crippen molar-refractivity contribution in [3.63, 3.8) is 0 Å². The first-order chi connectivity index (χ1) is 13.2. The number of benzene rings is 2. The minimum atomic E-state index is -0.320. The fourth-order valence-electron chi connectivity index (χ4n) is 2.47. The van der Waals surface area contributed by atoms with Gasteiger partial charge in [-0.3, -0.25) is 4.79 Å². The molecule has 0 aliphatic rings. The Morgan fingerprint density at radius 2 is 1.70 bits per heavy atom. The summed E-state index contributed by atoms with van der Waals surface area (Å²) in [5, 5.41) is 7.12. The van der Waals surface area contributed by atoms with E-state index >= 15 is 0 Å². The minimum Gasteiger partial charge on any atom is -0.497 e. The number of para-hydroxylation sites is 1. The lowest BCUT2D eigenvalue weighted by atomic mass is 10.3. The maximum atomic E-state index is 12.4. The maximum absolute atomic E-state index is 12.4. The lowest BCUT2D eigenvalue weighted by Gasteiger charge is -2.08. The molecule has 1 N–H and O–H groups in total. The van der Waals surface area contributed by atoms with Crippen LogP contribution in [-0.2, 0) is 0 Å². The Hall–Kier alpha value is -3.48. The Bertz CT molecular complexity index is 876. The standard InChI is InChI=1S/C20H21N3O4/c1-25-16-8-10-17(11-9-16)27-13-12-21-20(24)19-18(26-2)14-23(22-19)15-6-4-3-5-7-15/h3-11,14H,12-13H2,1-2H3,(H,21,24).